The zero-order chi connectivity index (χ0) is 12.9. The van der Waals surface area contributed by atoms with E-state index in [1.807, 2.05) is 0 Å². The third-order valence-electron chi connectivity index (χ3n) is 3.40. The van der Waals surface area contributed by atoms with Gasteiger partial charge in [0.15, 0.2) is 0 Å². The van der Waals surface area contributed by atoms with Crippen molar-refractivity contribution in [2.24, 2.45) is 0 Å². The van der Waals surface area contributed by atoms with E-state index >= 15 is 0 Å². The number of rotatable bonds is 3. The summed E-state index contributed by atoms with van der Waals surface area (Å²) < 4.78 is 4.56. The molecule has 0 unspecified atom stereocenters. The molecule has 0 heterocycles. The van der Waals surface area contributed by atoms with Crippen LogP contribution in [0.3, 0.4) is 0 Å². The van der Waals surface area contributed by atoms with Crippen LogP contribution in [0.1, 0.15) is 0 Å². The van der Waals surface area contributed by atoms with Crippen LogP contribution in [0.4, 0.5) is 0 Å². The molecule has 3 aromatic carbocycles. The first kappa shape index (κ1) is 12.3. The maximum atomic E-state index is 2.28. The molecule has 0 aliphatic heterocycles. The van der Waals surface area contributed by atoms with E-state index in [-0.39, 0.29) is 0 Å². The van der Waals surface area contributed by atoms with Gasteiger partial charge in [0.25, 0.3) is 0 Å². The average molecular weight is 308 g/mol. The van der Waals surface area contributed by atoms with E-state index in [9.17, 15) is 0 Å². The Bertz CT molecular complexity index is 524. The normalized spacial score (nSPS) is 11.1. The maximum absolute atomic E-state index is 2.28. The minimum atomic E-state index is -1.87. The molecular formula is C18H17As. The molecule has 0 amide bonds. The van der Waals surface area contributed by atoms with Gasteiger partial charge < -0.3 is 0 Å². The minimum absolute atomic E-state index is 1.52. The zero-order valence-corrected chi connectivity index (χ0v) is 13.2. The van der Waals surface area contributed by atoms with Crippen molar-refractivity contribution in [2.45, 2.75) is 0 Å². The Hall–Kier alpha value is -1.78. The summed E-state index contributed by atoms with van der Waals surface area (Å²) in [6.07, 6.45) is 0. The second-order valence-corrected chi connectivity index (χ2v) is 10.7. The van der Waals surface area contributed by atoms with Crippen molar-refractivity contribution in [3.05, 3.63) is 91.0 Å². The Kier molecular flexibility index (Phi) is 3.81. The van der Waals surface area contributed by atoms with E-state index in [2.05, 4.69) is 91.0 Å². The van der Waals surface area contributed by atoms with E-state index < -0.39 is 14.7 Å². The second-order valence-electron chi connectivity index (χ2n) is 4.67. The molecule has 0 aliphatic rings. The molecule has 94 valence electrons. The van der Waals surface area contributed by atoms with Gasteiger partial charge in [-0.3, -0.25) is 0 Å². The van der Waals surface area contributed by atoms with Crippen molar-refractivity contribution >= 4 is 27.7 Å². The fraction of sp³-hybridized carbons (Fsp3) is 0. The fourth-order valence-electron chi connectivity index (χ4n) is 2.51. The third kappa shape index (κ3) is 2.80. The van der Waals surface area contributed by atoms with Crippen molar-refractivity contribution in [3.63, 3.8) is 0 Å². The van der Waals surface area contributed by atoms with E-state index in [1.54, 1.807) is 0 Å². The summed E-state index contributed by atoms with van der Waals surface area (Å²) in [5.41, 5.74) is 0. The zero-order valence-electron chi connectivity index (χ0n) is 10.7. The van der Waals surface area contributed by atoms with Crippen LogP contribution >= 0.6 is 0 Å². The van der Waals surface area contributed by atoms with E-state index in [1.165, 1.54) is 13.1 Å². The van der Waals surface area contributed by atoms with Crippen molar-refractivity contribution < 1.29 is 0 Å². The Labute approximate surface area is 119 Å². The standard InChI is InChI=1S/C18H17As/c1-4-10-16(11-5-1)19(17-12-6-2-7-13-17)18-14-8-3-9-15-18/h1-15H,19H2. The van der Waals surface area contributed by atoms with Crippen LogP contribution in [0, 0.1) is 0 Å². The van der Waals surface area contributed by atoms with Gasteiger partial charge in [-0.25, -0.2) is 0 Å². The topological polar surface area (TPSA) is 0 Å². The molecule has 0 N–H and O–H groups in total. The molecule has 19 heavy (non-hydrogen) atoms. The van der Waals surface area contributed by atoms with Crippen LogP contribution in [0.15, 0.2) is 91.0 Å². The van der Waals surface area contributed by atoms with Crippen molar-refractivity contribution in [3.8, 4) is 0 Å². The molecular weight excluding hydrogens is 291 g/mol. The van der Waals surface area contributed by atoms with Gasteiger partial charge >= 0.3 is 119 Å². The van der Waals surface area contributed by atoms with Crippen LogP contribution in [0.2, 0.25) is 0 Å². The molecule has 0 bridgehead atoms. The summed E-state index contributed by atoms with van der Waals surface area (Å²) in [5.74, 6) is 0. The van der Waals surface area contributed by atoms with Gasteiger partial charge in [0.2, 0.25) is 0 Å². The van der Waals surface area contributed by atoms with Gasteiger partial charge in [-0.2, -0.15) is 0 Å². The number of hydrogen-bond acceptors (Lipinski definition) is 0. The molecule has 0 radical (unpaired) electrons. The third-order valence-corrected chi connectivity index (χ3v) is 10.0. The molecule has 3 rings (SSSR count). The van der Waals surface area contributed by atoms with Crippen LogP contribution < -0.4 is 13.1 Å². The summed E-state index contributed by atoms with van der Waals surface area (Å²) in [7, 11) is 0. The Balaban J connectivity index is 2.12. The first-order chi connectivity index (χ1) is 9.45. The molecule has 0 saturated carbocycles. The van der Waals surface area contributed by atoms with Crippen LogP contribution in [-0.2, 0) is 0 Å². The van der Waals surface area contributed by atoms with E-state index in [0.29, 0.717) is 0 Å². The van der Waals surface area contributed by atoms with Crippen molar-refractivity contribution in [1.29, 1.82) is 0 Å². The first-order valence-electron chi connectivity index (χ1n) is 6.60. The van der Waals surface area contributed by atoms with Gasteiger partial charge in [-0.15, -0.1) is 0 Å². The van der Waals surface area contributed by atoms with Gasteiger partial charge in [0.05, 0.1) is 0 Å². The van der Waals surface area contributed by atoms with Gasteiger partial charge in [-0.05, 0) is 0 Å². The molecule has 0 saturated heterocycles. The Morgan fingerprint density at radius 1 is 0.368 bits per heavy atom. The quantitative estimate of drug-likeness (QED) is 0.646. The van der Waals surface area contributed by atoms with Crippen molar-refractivity contribution in [1.82, 2.24) is 0 Å². The summed E-state index contributed by atoms with van der Waals surface area (Å²) in [4.78, 5) is 0. The molecule has 0 atom stereocenters. The van der Waals surface area contributed by atoms with Gasteiger partial charge in [0, 0.05) is 0 Å². The summed E-state index contributed by atoms with van der Waals surface area (Å²) >= 11 is -1.87. The molecule has 1 heteroatoms. The molecule has 0 spiro atoms. The molecule has 0 nitrogen and oxygen atoms in total. The SMILES string of the molecule is c1ccc([AsH2](c2ccccc2)c2ccccc2)cc1. The van der Waals surface area contributed by atoms with E-state index in [4.69, 9.17) is 0 Å². The summed E-state index contributed by atoms with van der Waals surface area (Å²) in [6, 6.07) is 32.9. The Morgan fingerprint density at radius 2 is 0.632 bits per heavy atom. The van der Waals surface area contributed by atoms with Crippen LogP contribution in [-0.4, -0.2) is 14.7 Å². The van der Waals surface area contributed by atoms with E-state index in [0.717, 1.165) is 0 Å². The summed E-state index contributed by atoms with van der Waals surface area (Å²) in [6.45, 7) is 0. The Morgan fingerprint density at radius 3 is 0.895 bits per heavy atom. The monoisotopic (exact) mass is 308 g/mol. The first-order valence-corrected chi connectivity index (χ1v) is 10.2. The van der Waals surface area contributed by atoms with Crippen LogP contribution in [0.5, 0.6) is 0 Å². The van der Waals surface area contributed by atoms with Gasteiger partial charge in [0.1, 0.15) is 0 Å². The predicted molar refractivity (Wildman–Crippen MR) is 86.8 cm³/mol. The summed E-state index contributed by atoms with van der Waals surface area (Å²) in [5, 5.41) is 0. The predicted octanol–water partition coefficient (Wildman–Crippen LogP) is 1.67. The second kappa shape index (κ2) is 5.91. The molecule has 0 aromatic heterocycles. The van der Waals surface area contributed by atoms with Crippen molar-refractivity contribution in [2.75, 3.05) is 0 Å². The number of hydrogen-bond donors (Lipinski definition) is 0. The fourth-order valence-corrected chi connectivity index (χ4v) is 8.76. The molecule has 3 aromatic rings. The number of benzene rings is 3. The van der Waals surface area contributed by atoms with Crippen LogP contribution in [0.25, 0.3) is 0 Å². The average Bonchev–Trinajstić information content (AvgIpc) is 2.51. The molecule has 0 fully saturated rings. The molecule has 0 aliphatic carbocycles. The van der Waals surface area contributed by atoms with Gasteiger partial charge in [-0.1, -0.05) is 0 Å².